The minimum atomic E-state index is -3.42. The molecule has 3 aromatic rings. The number of hydrogen-bond acceptors (Lipinski definition) is 6. The van der Waals surface area contributed by atoms with Crippen molar-refractivity contribution in [1.82, 2.24) is 9.88 Å². The lowest BCUT2D eigenvalue weighted by Crippen LogP contribution is -2.44. The number of pyridine rings is 1. The number of anilines is 2. The summed E-state index contributed by atoms with van der Waals surface area (Å²) in [6.45, 7) is 3.71. The predicted octanol–water partition coefficient (Wildman–Crippen LogP) is 1.87. The van der Waals surface area contributed by atoms with Crippen LogP contribution in [-0.2, 0) is 10.0 Å². The number of rotatable bonds is 3. The van der Waals surface area contributed by atoms with Crippen molar-refractivity contribution >= 4 is 43.1 Å². The maximum absolute atomic E-state index is 13.2. The minimum absolute atomic E-state index is 0.157. The van der Waals surface area contributed by atoms with E-state index in [4.69, 9.17) is 0 Å². The molecule has 8 heteroatoms. The largest absolute Gasteiger partial charge is 0.368 e. The Morgan fingerprint density at radius 2 is 1.71 bits per heavy atom. The lowest BCUT2D eigenvalue weighted by atomic mass is 10.1. The summed E-state index contributed by atoms with van der Waals surface area (Å²) in [7, 11) is -1.32. The molecule has 0 aliphatic carbocycles. The van der Waals surface area contributed by atoms with Crippen LogP contribution < -0.4 is 15.1 Å². The van der Waals surface area contributed by atoms with Crippen LogP contribution in [0.5, 0.6) is 0 Å². The van der Waals surface area contributed by atoms with E-state index < -0.39 is 10.0 Å². The van der Waals surface area contributed by atoms with Gasteiger partial charge in [0.2, 0.25) is 10.0 Å². The normalized spacial score (nSPS) is 15.9. The third-order valence-electron chi connectivity index (χ3n) is 5.04. The number of fused-ring (bicyclic) bond motifs is 2. The molecular weight excluding hydrogens is 376 g/mol. The van der Waals surface area contributed by atoms with Gasteiger partial charge in [0.05, 0.1) is 29.0 Å². The molecule has 2 heterocycles. The highest BCUT2D eigenvalue weighted by Gasteiger charge is 2.16. The summed E-state index contributed by atoms with van der Waals surface area (Å²) in [6.07, 6.45) is 2.90. The van der Waals surface area contributed by atoms with Crippen molar-refractivity contribution in [3.63, 3.8) is 0 Å². The Morgan fingerprint density at radius 3 is 2.43 bits per heavy atom. The summed E-state index contributed by atoms with van der Waals surface area (Å²) in [5, 5.41) is 1.73. The van der Waals surface area contributed by atoms with Crippen LogP contribution in [0.4, 0.5) is 11.4 Å². The first-order valence-electron chi connectivity index (χ1n) is 9.08. The second kappa shape index (κ2) is 7.03. The average Bonchev–Trinajstić information content (AvgIpc) is 2.78. The highest BCUT2D eigenvalue weighted by atomic mass is 32.2. The molecule has 7 nitrogen and oxygen atoms in total. The summed E-state index contributed by atoms with van der Waals surface area (Å²) in [6, 6.07) is 10.5. The number of piperazine rings is 1. The van der Waals surface area contributed by atoms with Gasteiger partial charge in [0.1, 0.15) is 0 Å². The van der Waals surface area contributed by atoms with Gasteiger partial charge in [-0.25, -0.2) is 8.42 Å². The Kier molecular flexibility index (Phi) is 4.68. The van der Waals surface area contributed by atoms with Crippen LogP contribution in [0.25, 0.3) is 21.7 Å². The molecular formula is C20H22N4O3S. The lowest BCUT2D eigenvalue weighted by Gasteiger charge is -2.33. The molecule has 0 amide bonds. The van der Waals surface area contributed by atoms with Gasteiger partial charge in [0, 0.05) is 37.3 Å². The average molecular weight is 398 g/mol. The van der Waals surface area contributed by atoms with Crippen LogP contribution >= 0.6 is 0 Å². The van der Waals surface area contributed by atoms with Crippen molar-refractivity contribution in [3.05, 3.63) is 52.8 Å². The third-order valence-corrected chi connectivity index (χ3v) is 5.65. The molecule has 0 spiro atoms. The monoisotopic (exact) mass is 398 g/mol. The number of benzene rings is 1. The fourth-order valence-corrected chi connectivity index (χ4v) is 4.06. The van der Waals surface area contributed by atoms with Gasteiger partial charge in [0.15, 0.2) is 5.43 Å². The Hall–Kier alpha value is -2.71. The first-order valence-corrected chi connectivity index (χ1v) is 11.0. The number of aromatic nitrogens is 1. The van der Waals surface area contributed by atoms with Crippen LogP contribution in [0.1, 0.15) is 0 Å². The first-order chi connectivity index (χ1) is 13.3. The molecule has 4 rings (SSSR count). The quantitative estimate of drug-likeness (QED) is 0.725. The van der Waals surface area contributed by atoms with Gasteiger partial charge >= 0.3 is 0 Å². The summed E-state index contributed by atoms with van der Waals surface area (Å²) in [5.41, 5.74) is 1.77. The van der Waals surface area contributed by atoms with Crippen LogP contribution in [0, 0.1) is 0 Å². The Labute approximate surface area is 163 Å². The topological polar surface area (TPSA) is 82.6 Å². The fourth-order valence-electron chi connectivity index (χ4n) is 3.51. The van der Waals surface area contributed by atoms with Crippen molar-refractivity contribution in [2.45, 2.75) is 0 Å². The Bertz CT molecular complexity index is 1220. The standard InChI is InChI=1S/C20H22N4O3S/c1-23-7-9-24(10-8-23)16-12-18-19(21-13-16)6-4-14-3-5-15(22-28(2,26)27)11-17(14)20(18)25/h3-6,11-13,22H,7-10H2,1-2H3. The predicted molar refractivity (Wildman–Crippen MR) is 114 cm³/mol. The van der Waals surface area contributed by atoms with E-state index in [9.17, 15) is 13.2 Å². The van der Waals surface area contributed by atoms with Crippen LogP contribution in [0.3, 0.4) is 0 Å². The molecule has 1 aliphatic rings. The van der Waals surface area contributed by atoms with Crippen molar-refractivity contribution in [2.24, 2.45) is 0 Å². The third kappa shape index (κ3) is 3.79. The van der Waals surface area contributed by atoms with E-state index in [1.54, 1.807) is 18.2 Å². The maximum atomic E-state index is 13.2. The molecule has 1 aliphatic heterocycles. The van der Waals surface area contributed by atoms with E-state index in [1.165, 1.54) is 0 Å². The van der Waals surface area contributed by atoms with Gasteiger partial charge in [-0.05, 0) is 36.7 Å². The SMILES string of the molecule is CN1CCN(c2cnc3ccc4ccc(NS(C)(=O)=O)cc4c(=O)c3c2)CC1. The molecule has 1 saturated heterocycles. The molecule has 0 unspecified atom stereocenters. The molecule has 28 heavy (non-hydrogen) atoms. The van der Waals surface area contributed by atoms with Gasteiger partial charge in [-0.2, -0.15) is 0 Å². The van der Waals surface area contributed by atoms with E-state index in [1.807, 2.05) is 24.4 Å². The summed E-state index contributed by atoms with van der Waals surface area (Å²) in [5.74, 6) is 0. The van der Waals surface area contributed by atoms with E-state index in [2.05, 4.69) is 26.6 Å². The molecule has 1 N–H and O–H groups in total. The number of nitrogens with zero attached hydrogens (tertiary/aromatic N) is 3. The van der Waals surface area contributed by atoms with Crippen molar-refractivity contribution in [2.75, 3.05) is 49.1 Å². The summed E-state index contributed by atoms with van der Waals surface area (Å²) < 4.78 is 25.5. The lowest BCUT2D eigenvalue weighted by molar-refractivity contribution is 0.313. The van der Waals surface area contributed by atoms with E-state index in [-0.39, 0.29) is 5.43 Å². The van der Waals surface area contributed by atoms with Crippen molar-refractivity contribution in [1.29, 1.82) is 0 Å². The molecule has 2 aromatic carbocycles. The molecule has 1 aromatic heterocycles. The van der Waals surface area contributed by atoms with Gasteiger partial charge in [-0.3, -0.25) is 14.5 Å². The molecule has 0 saturated carbocycles. The van der Waals surface area contributed by atoms with Crippen LogP contribution in [0.2, 0.25) is 0 Å². The summed E-state index contributed by atoms with van der Waals surface area (Å²) in [4.78, 5) is 22.3. The van der Waals surface area contributed by atoms with E-state index in [0.717, 1.165) is 43.5 Å². The number of likely N-dealkylation sites (N-methyl/N-ethyl adjacent to an activating group) is 1. The Balaban J connectivity index is 1.86. The number of hydrogen-bond donors (Lipinski definition) is 1. The molecule has 1 fully saturated rings. The zero-order valence-corrected chi connectivity index (χ0v) is 16.7. The van der Waals surface area contributed by atoms with Gasteiger partial charge in [-0.15, -0.1) is 0 Å². The molecule has 0 atom stereocenters. The zero-order valence-electron chi connectivity index (χ0n) is 15.8. The van der Waals surface area contributed by atoms with E-state index in [0.29, 0.717) is 22.0 Å². The van der Waals surface area contributed by atoms with Gasteiger partial charge in [0.25, 0.3) is 0 Å². The Morgan fingerprint density at radius 1 is 1.00 bits per heavy atom. The van der Waals surface area contributed by atoms with E-state index >= 15 is 0 Å². The fraction of sp³-hybridized carbons (Fsp3) is 0.300. The minimum Gasteiger partial charge on any atom is -0.368 e. The highest BCUT2D eigenvalue weighted by molar-refractivity contribution is 7.92. The first kappa shape index (κ1) is 18.6. The van der Waals surface area contributed by atoms with Crippen molar-refractivity contribution in [3.8, 4) is 0 Å². The van der Waals surface area contributed by atoms with Gasteiger partial charge in [-0.1, -0.05) is 12.1 Å². The molecule has 146 valence electrons. The van der Waals surface area contributed by atoms with Crippen molar-refractivity contribution < 1.29 is 8.42 Å². The number of nitrogens with one attached hydrogen (secondary N) is 1. The highest BCUT2D eigenvalue weighted by Crippen LogP contribution is 2.22. The summed E-state index contributed by atoms with van der Waals surface area (Å²) >= 11 is 0. The maximum Gasteiger partial charge on any atom is 0.229 e. The second-order valence-corrected chi connectivity index (χ2v) is 9.00. The second-order valence-electron chi connectivity index (χ2n) is 7.26. The zero-order chi connectivity index (χ0) is 19.9. The molecule has 0 bridgehead atoms. The van der Waals surface area contributed by atoms with Crippen LogP contribution in [-0.4, -0.2) is 57.8 Å². The number of sulfonamides is 1. The van der Waals surface area contributed by atoms with Gasteiger partial charge < -0.3 is 9.80 Å². The van der Waals surface area contributed by atoms with Crippen LogP contribution in [0.15, 0.2) is 47.4 Å². The smallest absolute Gasteiger partial charge is 0.229 e. The molecule has 0 radical (unpaired) electrons.